The highest BCUT2D eigenvalue weighted by atomic mass is 32.1. The second-order valence-electron chi connectivity index (χ2n) is 3.55. The molecule has 1 aromatic rings. The van der Waals surface area contributed by atoms with E-state index in [0.29, 0.717) is 11.0 Å². The topological polar surface area (TPSA) is 81.6 Å². The van der Waals surface area contributed by atoms with Crippen LogP contribution in [0.1, 0.15) is 10.4 Å². The molecule has 5 nitrogen and oxygen atoms in total. The predicted molar refractivity (Wildman–Crippen MR) is 69.2 cm³/mol. The van der Waals surface area contributed by atoms with Gasteiger partial charge >= 0.3 is 7.12 Å². The van der Waals surface area contributed by atoms with E-state index in [9.17, 15) is 4.79 Å². The van der Waals surface area contributed by atoms with Gasteiger partial charge < -0.3 is 15.4 Å². The van der Waals surface area contributed by atoms with Crippen LogP contribution in [0.5, 0.6) is 0 Å². The summed E-state index contributed by atoms with van der Waals surface area (Å²) in [6, 6.07) is 6.15. The van der Waals surface area contributed by atoms with Crippen molar-refractivity contribution in [2.75, 3.05) is 12.3 Å². The summed E-state index contributed by atoms with van der Waals surface area (Å²) in [6.07, 6.45) is 0. The van der Waals surface area contributed by atoms with Crippen LogP contribution in [-0.2, 0) is 0 Å². The van der Waals surface area contributed by atoms with Crippen molar-refractivity contribution in [2.45, 2.75) is 0 Å². The van der Waals surface area contributed by atoms with Crippen LogP contribution in [0, 0.1) is 0 Å². The molecule has 1 aliphatic heterocycles. The molecule has 7 heteroatoms. The number of nitrogens with one attached hydrogen (secondary N) is 2. The first-order valence-electron chi connectivity index (χ1n) is 5.18. The summed E-state index contributed by atoms with van der Waals surface area (Å²) in [5, 5.41) is 24.4. The first-order valence-corrected chi connectivity index (χ1v) is 6.16. The molecule has 1 radical (unpaired) electrons. The molecular formula is C10H12BN2O3S. The lowest BCUT2D eigenvalue weighted by Crippen LogP contribution is -2.38. The third kappa shape index (κ3) is 3.10. The highest BCUT2D eigenvalue weighted by Gasteiger charge is 2.13. The van der Waals surface area contributed by atoms with E-state index in [0.717, 1.165) is 17.4 Å². The minimum absolute atomic E-state index is 0.208. The van der Waals surface area contributed by atoms with Crippen LogP contribution in [0.25, 0.3) is 0 Å². The molecule has 2 rings (SSSR count). The Morgan fingerprint density at radius 3 is 2.59 bits per heavy atom. The minimum atomic E-state index is -1.51. The number of hydrogen-bond acceptors (Lipinski definition) is 4. The first-order chi connectivity index (χ1) is 8.16. The number of amides is 1. The SMILES string of the molecule is O=C(NC1=[S]CCN1)c1ccc(B(O)O)cc1. The Hall–Kier alpha value is -1.28. The Labute approximate surface area is 103 Å². The molecule has 17 heavy (non-hydrogen) atoms. The Kier molecular flexibility index (Phi) is 3.85. The molecular weight excluding hydrogens is 239 g/mol. The van der Waals surface area contributed by atoms with Gasteiger partial charge in [0.1, 0.15) is 5.11 Å². The molecule has 4 N–H and O–H groups in total. The number of rotatable bonds is 2. The van der Waals surface area contributed by atoms with E-state index in [2.05, 4.69) is 10.6 Å². The third-order valence-electron chi connectivity index (χ3n) is 2.33. The smallest absolute Gasteiger partial charge is 0.423 e. The zero-order valence-electron chi connectivity index (χ0n) is 9.01. The summed E-state index contributed by atoms with van der Waals surface area (Å²) in [7, 11) is -1.51. The number of carbonyl (C=O) groups excluding carboxylic acids is 1. The van der Waals surface area contributed by atoms with Gasteiger partial charge in [0.05, 0.1) is 0 Å². The Morgan fingerprint density at radius 2 is 2.06 bits per heavy atom. The number of carbonyl (C=O) groups is 1. The maximum atomic E-state index is 11.8. The van der Waals surface area contributed by atoms with Gasteiger partial charge in [-0.25, -0.2) is 0 Å². The highest BCUT2D eigenvalue weighted by Crippen LogP contribution is 1.99. The van der Waals surface area contributed by atoms with Gasteiger partial charge in [-0.15, -0.1) is 11.4 Å². The lowest BCUT2D eigenvalue weighted by molar-refractivity contribution is 0.0977. The Bertz CT molecular complexity index is 447. The molecule has 1 aromatic carbocycles. The summed E-state index contributed by atoms with van der Waals surface area (Å²) in [5.74, 6) is 0.742. The molecule has 1 heterocycles. The summed E-state index contributed by atoms with van der Waals surface area (Å²) in [5.41, 5.74) is 0.846. The van der Waals surface area contributed by atoms with E-state index >= 15 is 0 Å². The highest BCUT2D eigenvalue weighted by molar-refractivity contribution is 7.99. The molecule has 0 spiro atoms. The van der Waals surface area contributed by atoms with Crippen LogP contribution >= 0.6 is 11.4 Å². The summed E-state index contributed by atoms with van der Waals surface area (Å²) >= 11 is 1.57. The van der Waals surface area contributed by atoms with Crippen LogP contribution in [0.2, 0.25) is 0 Å². The van der Waals surface area contributed by atoms with Crippen molar-refractivity contribution < 1.29 is 14.8 Å². The lowest BCUT2D eigenvalue weighted by Gasteiger charge is -2.06. The van der Waals surface area contributed by atoms with Crippen molar-refractivity contribution in [1.29, 1.82) is 0 Å². The zero-order chi connectivity index (χ0) is 12.3. The molecule has 1 amide bonds. The van der Waals surface area contributed by atoms with Crippen molar-refractivity contribution in [1.82, 2.24) is 10.6 Å². The second kappa shape index (κ2) is 5.37. The minimum Gasteiger partial charge on any atom is -0.423 e. The average Bonchev–Trinajstić information content (AvgIpc) is 2.82. The van der Waals surface area contributed by atoms with Crippen LogP contribution in [0.15, 0.2) is 24.3 Å². The zero-order valence-corrected chi connectivity index (χ0v) is 9.83. The number of hydrogen-bond donors (Lipinski definition) is 4. The van der Waals surface area contributed by atoms with Gasteiger partial charge in [0, 0.05) is 17.9 Å². The molecule has 0 aliphatic carbocycles. The molecule has 0 aromatic heterocycles. The second-order valence-corrected chi connectivity index (χ2v) is 4.66. The summed E-state index contributed by atoms with van der Waals surface area (Å²) in [6.45, 7) is 0.857. The molecule has 89 valence electrons. The lowest BCUT2D eigenvalue weighted by atomic mass is 9.80. The quantitative estimate of drug-likeness (QED) is 0.381. The summed E-state index contributed by atoms with van der Waals surface area (Å²) < 4.78 is 0. The van der Waals surface area contributed by atoms with Crippen molar-refractivity contribution >= 4 is 35.0 Å². The van der Waals surface area contributed by atoms with E-state index in [1.165, 1.54) is 12.1 Å². The van der Waals surface area contributed by atoms with E-state index in [1.807, 2.05) is 0 Å². The molecule has 0 bridgehead atoms. The fourth-order valence-corrected chi connectivity index (χ4v) is 2.21. The predicted octanol–water partition coefficient (Wildman–Crippen LogP) is -1.48. The van der Waals surface area contributed by atoms with Gasteiger partial charge in [-0.05, 0) is 17.6 Å². The number of benzene rings is 1. The van der Waals surface area contributed by atoms with Gasteiger partial charge in [-0.1, -0.05) is 12.1 Å². The van der Waals surface area contributed by atoms with E-state index in [4.69, 9.17) is 10.0 Å². The fraction of sp³-hybridized carbons (Fsp3) is 0.200. The van der Waals surface area contributed by atoms with Crippen LogP contribution < -0.4 is 16.1 Å². The summed E-state index contributed by atoms with van der Waals surface area (Å²) in [4.78, 5) is 11.8. The van der Waals surface area contributed by atoms with Crippen LogP contribution in [0.4, 0.5) is 0 Å². The fourth-order valence-electron chi connectivity index (χ4n) is 1.43. The molecule has 0 unspecified atom stereocenters. The molecule has 0 saturated carbocycles. The van der Waals surface area contributed by atoms with Crippen LogP contribution in [-0.4, -0.2) is 40.5 Å². The van der Waals surface area contributed by atoms with Gasteiger partial charge in [-0.2, -0.15) is 0 Å². The maximum Gasteiger partial charge on any atom is 0.488 e. The van der Waals surface area contributed by atoms with Crippen molar-refractivity contribution in [3.8, 4) is 0 Å². The van der Waals surface area contributed by atoms with E-state index < -0.39 is 7.12 Å². The molecule has 0 saturated heterocycles. The van der Waals surface area contributed by atoms with Crippen molar-refractivity contribution in [3.63, 3.8) is 0 Å². The molecule has 0 fully saturated rings. The van der Waals surface area contributed by atoms with E-state index in [1.54, 1.807) is 23.5 Å². The van der Waals surface area contributed by atoms with Gasteiger partial charge in [0.15, 0.2) is 0 Å². The average molecular weight is 251 g/mol. The molecule has 0 atom stereocenters. The monoisotopic (exact) mass is 251 g/mol. The van der Waals surface area contributed by atoms with E-state index in [-0.39, 0.29) is 5.91 Å². The maximum absolute atomic E-state index is 11.8. The first kappa shape index (κ1) is 12.2. The van der Waals surface area contributed by atoms with Gasteiger partial charge in [0.2, 0.25) is 0 Å². The van der Waals surface area contributed by atoms with Crippen molar-refractivity contribution in [2.24, 2.45) is 0 Å². The van der Waals surface area contributed by atoms with Gasteiger partial charge in [-0.3, -0.25) is 10.1 Å². The molecule has 1 aliphatic rings. The largest absolute Gasteiger partial charge is 0.488 e. The standard InChI is InChI=1S/C10H12BN2O3S/c14-9(13-10-12-5-6-17-10)7-1-3-8(4-2-7)11(15)16/h1-4,12,15-16H,5-6H2,(H,13,14). The Balaban J connectivity index is 2.04. The Morgan fingerprint density at radius 1 is 1.35 bits per heavy atom. The normalized spacial score (nSPS) is 14.4. The van der Waals surface area contributed by atoms with Crippen LogP contribution in [0.3, 0.4) is 0 Å². The third-order valence-corrected chi connectivity index (χ3v) is 3.28. The van der Waals surface area contributed by atoms with Crippen molar-refractivity contribution in [3.05, 3.63) is 29.8 Å². The van der Waals surface area contributed by atoms with Gasteiger partial charge in [0.25, 0.3) is 5.91 Å².